The maximum atomic E-state index is 8.33. The van der Waals surface area contributed by atoms with Gasteiger partial charge in [-0.1, -0.05) is 0 Å². The van der Waals surface area contributed by atoms with Crippen LogP contribution in [0.15, 0.2) is 0 Å². The third-order valence-electron chi connectivity index (χ3n) is 0. The van der Waals surface area contributed by atoms with Crippen molar-refractivity contribution in [2.24, 2.45) is 0 Å². The molecule has 0 unspecified atom stereocenters. The zero-order valence-corrected chi connectivity index (χ0v) is 17.0. The van der Waals surface area contributed by atoms with Gasteiger partial charge in [-0.05, 0) is 30.8 Å². The van der Waals surface area contributed by atoms with Crippen molar-refractivity contribution in [1.29, 1.82) is 0 Å². The largest absolute Gasteiger partial charge is 0.652 e. The van der Waals surface area contributed by atoms with E-state index in [0.717, 1.165) is 0 Å². The van der Waals surface area contributed by atoms with Gasteiger partial charge in [0.15, 0.2) is 0 Å². The van der Waals surface area contributed by atoms with Gasteiger partial charge in [0.2, 0.25) is 0 Å². The Morgan fingerprint density at radius 1 is 0.318 bits per heavy atom. The number of carbonyl (C=O) groups is 5. The number of hydrogen-bond acceptors (Lipinski definition) is 15. The molecule has 17 heteroatoms. The fourth-order valence-electron chi connectivity index (χ4n) is 0. The zero-order chi connectivity index (χ0) is 17.9. The first-order valence-electron chi connectivity index (χ1n) is 3.06. The normalized spacial score (nSPS) is 5.45. The van der Waals surface area contributed by atoms with E-state index in [1.807, 2.05) is 0 Å². The van der Waals surface area contributed by atoms with Gasteiger partial charge in [-0.25, -0.2) is 0 Å². The summed E-state index contributed by atoms with van der Waals surface area (Å²) in [5, 5.41) is 83.3. The Bertz CT molecular complexity index is 211. The molecule has 15 nitrogen and oxygen atoms in total. The molecular weight excluding hydrogens is 774 g/mol. The molecule has 0 aliphatic rings. The third kappa shape index (κ3) is 2100. The number of carbonyl (C=O) groups excluding carboxylic acids is 5. The summed E-state index contributed by atoms with van der Waals surface area (Å²) in [6, 6.07) is 0. The van der Waals surface area contributed by atoms with Crippen LogP contribution in [0.4, 0.5) is 24.0 Å². The second kappa shape index (κ2) is 36.6. The molecule has 0 heterocycles. The van der Waals surface area contributed by atoms with Gasteiger partial charge in [0.1, 0.15) is 0 Å². The Kier molecular flexibility index (Phi) is 71.1. The molecule has 0 saturated carbocycles. The maximum Gasteiger partial charge on any atom is 0 e. The number of carboxylic acid groups (broad SMARTS) is 10. The van der Waals surface area contributed by atoms with E-state index in [1.54, 1.807) is 0 Å². The van der Waals surface area contributed by atoms with Crippen LogP contribution in [-0.2, 0) is 0 Å². The van der Waals surface area contributed by atoms with Crippen molar-refractivity contribution in [3.05, 3.63) is 0 Å². The summed E-state index contributed by atoms with van der Waals surface area (Å²) in [4.78, 5) is 41.7. The summed E-state index contributed by atoms with van der Waals surface area (Å²) in [5.41, 5.74) is 0. The van der Waals surface area contributed by atoms with Crippen LogP contribution in [0.5, 0.6) is 0 Å². The Balaban J connectivity index is -0.0000000250. The van der Waals surface area contributed by atoms with Crippen LogP contribution < -0.4 is 51.1 Å². The minimum Gasteiger partial charge on any atom is -0.652 e. The summed E-state index contributed by atoms with van der Waals surface area (Å²) in [7, 11) is 0. The summed E-state index contributed by atoms with van der Waals surface area (Å²) >= 11 is 0. The molecule has 0 amide bonds. The second-order valence-electron chi connectivity index (χ2n) is 1.25. The molecular formula is C5Np2O15-10. The van der Waals surface area contributed by atoms with Crippen LogP contribution in [0.3, 0.4) is 0 Å². The van der Waals surface area contributed by atoms with Crippen LogP contribution >= 0.6 is 0 Å². The third-order valence-corrected chi connectivity index (χ3v) is 0. The number of rotatable bonds is 0. The molecule has 0 atom stereocenters. The maximum absolute atomic E-state index is 8.33. The minimum atomic E-state index is -2.33. The van der Waals surface area contributed by atoms with Crippen molar-refractivity contribution in [2.75, 3.05) is 0 Å². The van der Waals surface area contributed by atoms with Crippen LogP contribution in [0.2, 0.25) is 0 Å². The second-order valence-corrected chi connectivity index (χ2v) is 1.25. The van der Waals surface area contributed by atoms with E-state index in [1.165, 1.54) is 0 Å². The number of hydrogen-bond donors (Lipinski definition) is 0. The van der Waals surface area contributed by atoms with Crippen LogP contribution in [0.1, 0.15) is 0 Å². The molecule has 0 N–H and O–H groups in total. The van der Waals surface area contributed by atoms with E-state index in [0.29, 0.717) is 0 Å². The summed E-state index contributed by atoms with van der Waals surface area (Å²) in [6.07, 6.45) is -11.7. The fraction of sp³-hybridized carbons (Fsp3) is 0. The summed E-state index contributed by atoms with van der Waals surface area (Å²) < 4.78 is 0. The Labute approximate surface area is 165 Å². The van der Waals surface area contributed by atoms with Gasteiger partial charge < -0.3 is 75.0 Å². The molecule has 0 aromatic carbocycles. The predicted molar refractivity (Wildman–Crippen MR) is 27.0 cm³/mol. The molecule has 22 heavy (non-hydrogen) atoms. The van der Waals surface area contributed by atoms with Gasteiger partial charge in [-0.2, -0.15) is 0 Å². The van der Waals surface area contributed by atoms with E-state index >= 15 is 0 Å². The monoisotopic (exact) mass is 772 g/mol. The zero-order valence-electron chi connectivity index (χ0n) is 9.52. The summed E-state index contributed by atoms with van der Waals surface area (Å²) in [6.45, 7) is 0. The molecule has 0 saturated heterocycles. The van der Waals surface area contributed by atoms with E-state index in [4.69, 9.17) is 75.0 Å². The molecule has 0 aliphatic carbocycles. The average molecular weight is 774 g/mol. The van der Waals surface area contributed by atoms with E-state index in [9.17, 15) is 0 Å². The van der Waals surface area contributed by atoms with E-state index in [2.05, 4.69) is 0 Å². The fourth-order valence-corrected chi connectivity index (χ4v) is 0. The van der Waals surface area contributed by atoms with Crippen LogP contribution in [0.25, 0.3) is 0 Å². The van der Waals surface area contributed by atoms with Gasteiger partial charge in [0, 0.05) is 59.9 Å². The molecule has 130 valence electrons. The molecule has 0 aliphatic heterocycles. The van der Waals surface area contributed by atoms with Crippen molar-refractivity contribution in [3.8, 4) is 0 Å². The Morgan fingerprint density at radius 2 is 0.318 bits per heavy atom. The molecule has 0 aromatic heterocycles. The van der Waals surface area contributed by atoms with E-state index < -0.39 is 30.8 Å². The van der Waals surface area contributed by atoms with Crippen molar-refractivity contribution in [3.63, 3.8) is 0 Å². The van der Waals surface area contributed by atoms with Crippen molar-refractivity contribution in [2.45, 2.75) is 0 Å². The molecule has 2 radical (unpaired) electrons. The van der Waals surface area contributed by atoms with Crippen molar-refractivity contribution >= 4 is 30.8 Å². The molecule has 0 bridgehead atoms. The Hall–Kier alpha value is -1.62. The molecule has 0 fully saturated rings. The van der Waals surface area contributed by atoms with Gasteiger partial charge >= 0.3 is 0 Å². The van der Waals surface area contributed by atoms with E-state index in [-0.39, 0.29) is 59.9 Å². The van der Waals surface area contributed by atoms with Gasteiger partial charge in [-0.3, -0.25) is 0 Å². The summed E-state index contributed by atoms with van der Waals surface area (Å²) in [5.74, 6) is 0. The molecule has 0 spiro atoms. The molecule has 0 rings (SSSR count). The van der Waals surface area contributed by atoms with Crippen molar-refractivity contribution in [1.82, 2.24) is 0 Å². The van der Waals surface area contributed by atoms with Gasteiger partial charge in [-0.15, -0.1) is 0 Å². The predicted octanol–water partition coefficient (Wildman–Crippen LogP) is -12.2. The Morgan fingerprint density at radius 3 is 0.318 bits per heavy atom. The smallest absolute Gasteiger partial charge is 0 e. The first kappa shape index (κ1) is 42.8. The van der Waals surface area contributed by atoms with Crippen molar-refractivity contribution < 1.29 is 135 Å². The topological polar surface area (TPSA) is 316 Å². The van der Waals surface area contributed by atoms with Crippen LogP contribution in [0, 0.1) is 59.9 Å². The SMILES string of the molecule is O=C([O-])[O-].O=C([O-])[O-].O=C([O-])[O-].O=C([O-])[O-].O=C([O-])[O-].[Np].[Np]. The standard InChI is InChI=1S/5CH2O3.2Np/c5*2-1(3)4;;/h5*(H2,2,3,4);;/p-10. The first-order valence-corrected chi connectivity index (χ1v) is 3.06. The quantitative estimate of drug-likeness (QED) is 0.221. The minimum absolute atomic E-state index is 0. The van der Waals surface area contributed by atoms with Gasteiger partial charge in [0.05, 0.1) is 0 Å². The average Bonchev–Trinajstić information content (AvgIpc) is 1.94. The van der Waals surface area contributed by atoms with Gasteiger partial charge in [0.25, 0.3) is 0 Å². The van der Waals surface area contributed by atoms with Crippen LogP contribution in [-0.4, -0.2) is 30.8 Å². The first-order chi connectivity index (χ1) is 8.66. The molecule has 0 aromatic rings.